The Morgan fingerprint density at radius 3 is 2.83 bits per heavy atom. The molecule has 0 atom stereocenters. The summed E-state index contributed by atoms with van der Waals surface area (Å²) < 4.78 is 5.21. The zero-order valence-electron chi connectivity index (χ0n) is 10.3. The van der Waals surface area contributed by atoms with Gasteiger partial charge in [0.15, 0.2) is 0 Å². The summed E-state index contributed by atoms with van der Waals surface area (Å²) in [5.41, 5.74) is -0.997. The second-order valence-electron chi connectivity index (χ2n) is 4.74. The van der Waals surface area contributed by atoms with Crippen LogP contribution in [0.4, 0.5) is 0 Å². The molecule has 6 nitrogen and oxygen atoms in total. The van der Waals surface area contributed by atoms with Gasteiger partial charge in [0, 0.05) is 26.3 Å². The van der Waals surface area contributed by atoms with Gasteiger partial charge < -0.3 is 15.0 Å². The first kappa shape index (κ1) is 12.8. The van der Waals surface area contributed by atoms with Crippen molar-refractivity contribution in [3.05, 3.63) is 0 Å². The summed E-state index contributed by atoms with van der Waals surface area (Å²) in [6.45, 7) is 2.04. The summed E-state index contributed by atoms with van der Waals surface area (Å²) in [7, 11) is 0. The Bertz CT molecular complexity index is 383. The van der Waals surface area contributed by atoms with Crippen LogP contribution in [0, 0.1) is 16.7 Å². The first-order chi connectivity index (χ1) is 8.68. The number of nitriles is 1. The number of rotatable bonds is 1. The Morgan fingerprint density at radius 2 is 2.17 bits per heavy atom. The van der Waals surface area contributed by atoms with E-state index in [4.69, 9.17) is 4.74 Å². The number of hydrogen-bond donors (Lipinski definition) is 1. The van der Waals surface area contributed by atoms with Crippen LogP contribution in [0.5, 0.6) is 0 Å². The molecular formula is C12H17N3O3. The van der Waals surface area contributed by atoms with Crippen LogP contribution in [0.1, 0.15) is 19.3 Å². The Labute approximate surface area is 106 Å². The van der Waals surface area contributed by atoms with Crippen molar-refractivity contribution in [2.75, 3.05) is 32.8 Å². The maximum absolute atomic E-state index is 12.5. The van der Waals surface area contributed by atoms with E-state index in [2.05, 4.69) is 11.4 Å². The lowest BCUT2D eigenvalue weighted by Crippen LogP contribution is -2.48. The van der Waals surface area contributed by atoms with Crippen molar-refractivity contribution in [2.24, 2.45) is 5.41 Å². The molecule has 2 saturated heterocycles. The molecule has 0 aromatic carbocycles. The van der Waals surface area contributed by atoms with Crippen LogP contribution in [-0.4, -0.2) is 49.6 Å². The molecule has 1 N–H and O–H groups in total. The second-order valence-corrected chi connectivity index (χ2v) is 4.74. The van der Waals surface area contributed by atoms with Crippen LogP contribution < -0.4 is 5.32 Å². The molecule has 2 heterocycles. The van der Waals surface area contributed by atoms with Gasteiger partial charge in [0.1, 0.15) is 5.41 Å². The van der Waals surface area contributed by atoms with Gasteiger partial charge in [0.05, 0.1) is 12.6 Å². The molecule has 0 spiro atoms. The van der Waals surface area contributed by atoms with Gasteiger partial charge in [-0.2, -0.15) is 5.26 Å². The van der Waals surface area contributed by atoms with Gasteiger partial charge in [-0.05, 0) is 19.3 Å². The molecule has 0 aromatic heterocycles. The van der Waals surface area contributed by atoms with E-state index < -0.39 is 5.41 Å². The molecule has 2 aliphatic rings. The molecule has 0 aliphatic carbocycles. The average molecular weight is 251 g/mol. The maximum atomic E-state index is 12.5. The molecule has 0 aromatic rings. The highest BCUT2D eigenvalue weighted by Gasteiger charge is 2.43. The average Bonchev–Trinajstić information content (AvgIpc) is 2.63. The highest BCUT2D eigenvalue weighted by Crippen LogP contribution is 2.32. The fourth-order valence-electron chi connectivity index (χ4n) is 2.38. The smallest absolute Gasteiger partial charge is 0.243 e. The molecule has 2 amide bonds. The number of carbonyl (C=O) groups is 2. The van der Waals surface area contributed by atoms with E-state index in [1.807, 2.05) is 0 Å². The third-order valence-corrected chi connectivity index (χ3v) is 3.52. The summed E-state index contributed by atoms with van der Waals surface area (Å²) >= 11 is 0. The number of hydrogen-bond acceptors (Lipinski definition) is 4. The Hall–Kier alpha value is -1.61. The van der Waals surface area contributed by atoms with Crippen LogP contribution in [0.25, 0.3) is 0 Å². The maximum Gasteiger partial charge on any atom is 0.243 e. The minimum Gasteiger partial charge on any atom is -0.381 e. The number of nitrogens with zero attached hydrogens (tertiary/aromatic N) is 2. The number of nitrogens with one attached hydrogen (secondary N) is 1. The summed E-state index contributed by atoms with van der Waals surface area (Å²) in [4.78, 5) is 25.4. The van der Waals surface area contributed by atoms with Crippen molar-refractivity contribution >= 4 is 11.8 Å². The Kier molecular flexibility index (Phi) is 3.82. The van der Waals surface area contributed by atoms with Crippen molar-refractivity contribution in [1.29, 1.82) is 5.26 Å². The SMILES string of the molecule is N#CC1(C(=O)N2CCCNC(=O)C2)CCOCC1. The van der Waals surface area contributed by atoms with Crippen molar-refractivity contribution in [3.8, 4) is 6.07 Å². The summed E-state index contributed by atoms with van der Waals surface area (Å²) in [5, 5.41) is 12.0. The minimum atomic E-state index is -0.997. The van der Waals surface area contributed by atoms with Crippen LogP contribution in [0.2, 0.25) is 0 Å². The molecule has 18 heavy (non-hydrogen) atoms. The van der Waals surface area contributed by atoms with Gasteiger partial charge >= 0.3 is 0 Å². The van der Waals surface area contributed by atoms with Gasteiger partial charge in [-0.1, -0.05) is 0 Å². The first-order valence-electron chi connectivity index (χ1n) is 6.23. The van der Waals surface area contributed by atoms with Crippen molar-refractivity contribution in [2.45, 2.75) is 19.3 Å². The van der Waals surface area contributed by atoms with Crippen LogP contribution in [-0.2, 0) is 14.3 Å². The standard InChI is InChI=1S/C12H17N3O3/c13-9-12(2-6-18-7-3-12)11(17)15-5-1-4-14-10(16)8-15/h1-8H2,(H,14,16). The zero-order valence-corrected chi connectivity index (χ0v) is 10.3. The molecular weight excluding hydrogens is 234 g/mol. The lowest BCUT2D eigenvalue weighted by molar-refractivity contribution is -0.145. The first-order valence-corrected chi connectivity index (χ1v) is 6.23. The molecule has 2 rings (SSSR count). The van der Waals surface area contributed by atoms with Crippen LogP contribution in [0.3, 0.4) is 0 Å². The topological polar surface area (TPSA) is 82.4 Å². The molecule has 0 radical (unpaired) electrons. The molecule has 0 unspecified atom stereocenters. The highest BCUT2D eigenvalue weighted by molar-refractivity contribution is 5.90. The van der Waals surface area contributed by atoms with Gasteiger partial charge in [-0.3, -0.25) is 9.59 Å². The minimum absolute atomic E-state index is 0.0587. The highest BCUT2D eigenvalue weighted by atomic mass is 16.5. The quantitative estimate of drug-likeness (QED) is 0.691. The van der Waals surface area contributed by atoms with E-state index in [0.717, 1.165) is 6.42 Å². The van der Waals surface area contributed by atoms with Crippen LogP contribution >= 0.6 is 0 Å². The van der Waals surface area contributed by atoms with Gasteiger partial charge in [-0.15, -0.1) is 0 Å². The largest absolute Gasteiger partial charge is 0.381 e. The third-order valence-electron chi connectivity index (χ3n) is 3.52. The Balaban J connectivity index is 2.13. The number of carbonyl (C=O) groups excluding carboxylic acids is 2. The van der Waals surface area contributed by atoms with E-state index in [-0.39, 0.29) is 18.4 Å². The summed E-state index contributed by atoms with van der Waals surface area (Å²) in [5.74, 6) is -0.369. The number of amides is 2. The molecule has 6 heteroatoms. The Morgan fingerprint density at radius 1 is 1.44 bits per heavy atom. The lowest BCUT2D eigenvalue weighted by atomic mass is 9.80. The predicted octanol–water partition coefficient (Wildman–Crippen LogP) is -0.345. The summed E-state index contributed by atoms with van der Waals surface area (Å²) in [6.07, 6.45) is 1.57. The van der Waals surface area contributed by atoms with Crippen molar-refractivity contribution in [3.63, 3.8) is 0 Å². The van der Waals surface area contributed by atoms with Crippen molar-refractivity contribution in [1.82, 2.24) is 10.2 Å². The normalized spacial score (nSPS) is 23.7. The van der Waals surface area contributed by atoms with E-state index in [1.165, 1.54) is 4.90 Å². The van der Waals surface area contributed by atoms with E-state index >= 15 is 0 Å². The number of ether oxygens (including phenoxy) is 1. The van der Waals surface area contributed by atoms with Crippen LogP contribution in [0.15, 0.2) is 0 Å². The van der Waals surface area contributed by atoms with Gasteiger partial charge in [-0.25, -0.2) is 0 Å². The summed E-state index contributed by atoms with van der Waals surface area (Å²) in [6, 6.07) is 2.15. The third kappa shape index (κ3) is 2.46. The van der Waals surface area contributed by atoms with Crippen molar-refractivity contribution < 1.29 is 14.3 Å². The molecule has 98 valence electrons. The van der Waals surface area contributed by atoms with E-state index in [0.29, 0.717) is 39.1 Å². The fourth-order valence-corrected chi connectivity index (χ4v) is 2.38. The fraction of sp³-hybridized carbons (Fsp3) is 0.750. The molecule has 2 fully saturated rings. The van der Waals surface area contributed by atoms with Gasteiger partial charge in [0.25, 0.3) is 0 Å². The second kappa shape index (κ2) is 5.36. The monoisotopic (exact) mass is 251 g/mol. The zero-order chi connectivity index (χ0) is 13.0. The lowest BCUT2D eigenvalue weighted by Gasteiger charge is -2.33. The van der Waals surface area contributed by atoms with E-state index in [9.17, 15) is 14.9 Å². The van der Waals surface area contributed by atoms with Gasteiger partial charge in [0.2, 0.25) is 11.8 Å². The predicted molar refractivity (Wildman–Crippen MR) is 62.3 cm³/mol. The van der Waals surface area contributed by atoms with E-state index in [1.54, 1.807) is 0 Å². The molecule has 0 saturated carbocycles. The molecule has 2 aliphatic heterocycles. The molecule has 0 bridgehead atoms.